The number of hydrogen-bond donors (Lipinski definition) is 1. The highest BCUT2D eigenvalue weighted by Crippen LogP contribution is 2.37. The molecule has 0 fully saturated rings. The minimum absolute atomic E-state index is 0.114. The van der Waals surface area contributed by atoms with Crippen molar-refractivity contribution in [2.45, 2.75) is 13.0 Å². The van der Waals surface area contributed by atoms with E-state index in [1.54, 1.807) is 60.7 Å². The fourth-order valence-electron chi connectivity index (χ4n) is 3.21. The summed E-state index contributed by atoms with van der Waals surface area (Å²) in [4.78, 5) is 11.9. The number of carboxylic acid groups (broad SMARTS) is 1. The molecule has 0 atom stereocenters. The Morgan fingerprint density at radius 2 is 1.66 bits per heavy atom. The Bertz CT molecular complexity index is 1190. The summed E-state index contributed by atoms with van der Waals surface area (Å²) in [5.74, 6) is 0.597. The van der Waals surface area contributed by atoms with Gasteiger partial charge in [0.15, 0.2) is 11.5 Å². The number of rotatable bonds is 7. The van der Waals surface area contributed by atoms with Gasteiger partial charge in [-0.15, -0.1) is 0 Å². The standard InChI is InChI=1S/C24H17Cl3O5/c25-19-5-2-6-20(26)18(19)12-30-17-4-1-3-14(8-17)7-16(24(28)29)9-15-10-22-23(11-21(15)27)32-13-31-22/h1-8,10-11H,9,12-13H2,(H,28,29). The van der Waals surface area contributed by atoms with Crippen LogP contribution in [0.1, 0.15) is 16.7 Å². The Labute approximate surface area is 199 Å². The highest BCUT2D eigenvalue weighted by molar-refractivity contribution is 6.36. The van der Waals surface area contributed by atoms with Crippen molar-refractivity contribution in [3.8, 4) is 17.2 Å². The molecule has 0 unspecified atom stereocenters. The molecule has 0 bridgehead atoms. The number of benzene rings is 3. The molecule has 4 rings (SSSR count). The minimum Gasteiger partial charge on any atom is -0.489 e. The Hall–Kier alpha value is -2.86. The van der Waals surface area contributed by atoms with Gasteiger partial charge in [0.25, 0.3) is 0 Å². The lowest BCUT2D eigenvalue weighted by molar-refractivity contribution is -0.132. The van der Waals surface area contributed by atoms with Crippen molar-refractivity contribution in [3.05, 3.63) is 91.9 Å². The Balaban J connectivity index is 1.54. The topological polar surface area (TPSA) is 65.0 Å². The summed E-state index contributed by atoms with van der Waals surface area (Å²) in [5, 5.41) is 11.2. The highest BCUT2D eigenvalue weighted by Gasteiger charge is 2.19. The summed E-state index contributed by atoms with van der Waals surface area (Å²) in [6.07, 6.45) is 1.70. The maximum atomic E-state index is 11.9. The first-order chi connectivity index (χ1) is 15.4. The Morgan fingerprint density at radius 1 is 0.969 bits per heavy atom. The van der Waals surface area contributed by atoms with Crippen LogP contribution in [0.25, 0.3) is 6.08 Å². The predicted octanol–water partition coefficient (Wildman–Crippen LogP) is 6.67. The zero-order chi connectivity index (χ0) is 22.7. The van der Waals surface area contributed by atoms with Gasteiger partial charge in [0.1, 0.15) is 12.4 Å². The van der Waals surface area contributed by atoms with Crippen LogP contribution in [0.5, 0.6) is 17.2 Å². The predicted molar refractivity (Wildman–Crippen MR) is 124 cm³/mol. The van der Waals surface area contributed by atoms with Crippen molar-refractivity contribution in [2.24, 2.45) is 0 Å². The van der Waals surface area contributed by atoms with Crippen molar-refractivity contribution >= 4 is 46.8 Å². The smallest absolute Gasteiger partial charge is 0.331 e. The van der Waals surface area contributed by atoms with Crippen LogP contribution in [0.15, 0.2) is 60.2 Å². The summed E-state index contributed by atoms with van der Waals surface area (Å²) in [6.45, 7) is 0.299. The highest BCUT2D eigenvalue weighted by atomic mass is 35.5. The molecule has 3 aromatic carbocycles. The number of halogens is 3. The lowest BCUT2D eigenvalue weighted by Gasteiger charge is -2.10. The van der Waals surface area contributed by atoms with E-state index >= 15 is 0 Å². The molecule has 0 radical (unpaired) electrons. The van der Waals surface area contributed by atoms with Crippen LogP contribution in [0.3, 0.4) is 0 Å². The van der Waals surface area contributed by atoms with Crippen LogP contribution in [0.2, 0.25) is 15.1 Å². The second kappa shape index (κ2) is 9.74. The van der Waals surface area contributed by atoms with Crippen LogP contribution < -0.4 is 14.2 Å². The number of aliphatic carboxylic acids is 1. The average molecular weight is 492 g/mol. The van der Waals surface area contributed by atoms with Crippen molar-refractivity contribution in [2.75, 3.05) is 6.79 Å². The third-order valence-electron chi connectivity index (χ3n) is 4.84. The van der Waals surface area contributed by atoms with Gasteiger partial charge < -0.3 is 19.3 Å². The van der Waals surface area contributed by atoms with Crippen LogP contribution in [-0.4, -0.2) is 17.9 Å². The summed E-state index contributed by atoms with van der Waals surface area (Å²) >= 11 is 18.7. The Morgan fingerprint density at radius 3 is 2.38 bits per heavy atom. The second-order valence-electron chi connectivity index (χ2n) is 7.01. The van der Waals surface area contributed by atoms with Crippen molar-refractivity contribution in [1.82, 2.24) is 0 Å². The van der Waals surface area contributed by atoms with Crippen LogP contribution in [0.4, 0.5) is 0 Å². The maximum Gasteiger partial charge on any atom is 0.331 e. The zero-order valence-corrected chi connectivity index (χ0v) is 18.9. The van der Waals surface area contributed by atoms with Gasteiger partial charge in [0.05, 0.1) is 0 Å². The van der Waals surface area contributed by atoms with E-state index in [2.05, 4.69) is 0 Å². The lowest BCUT2D eigenvalue weighted by Crippen LogP contribution is -2.04. The van der Waals surface area contributed by atoms with Gasteiger partial charge in [-0.05, 0) is 47.5 Å². The van der Waals surface area contributed by atoms with E-state index < -0.39 is 5.97 Å². The van der Waals surface area contributed by atoms with Gasteiger partial charge in [-0.1, -0.05) is 53.0 Å². The van der Waals surface area contributed by atoms with E-state index in [-0.39, 0.29) is 25.4 Å². The molecular formula is C24H17Cl3O5. The molecule has 0 aromatic heterocycles. The summed E-state index contributed by atoms with van der Waals surface area (Å²) in [6, 6.07) is 15.7. The van der Waals surface area contributed by atoms with E-state index in [0.717, 1.165) is 0 Å². The summed E-state index contributed by atoms with van der Waals surface area (Å²) in [7, 11) is 0. The molecule has 8 heteroatoms. The molecule has 0 spiro atoms. The van der Waals surface area contributed by atoms with Gasteiger partial charge in [-0.25, -0.2) is 4.79 Å². The maximum absolute atomic E-state index is 11.9. The lowest BCUT2D eigenvalue weighted by atomic mass is 10.0. The summed E-state index contributed by atoms with van der Waals surface area (Å²) < 4.78 is 16.5. The third kappa shape index (κ3) is 5.13. The normalized spacial score (nSPS) is 12.7. The van der Waals surface area contributed by atoms with Crippen LogP contribution >= 0.6 is 34.8 Å². The molecule has 0 saturated carbocycles. The number of hydrogen-bond acceptors (Lipinski definition) is 4. The Kier molecular flexibility index (Phi) is 6.80. The largest absolute Gasteiger partial charge is 0.489 e. The molecule has 1 aliphatic rings. The molecule has 1 aliphatic heterocycles. The first kappa shape index (κ1) is 22.3. The molecule has 1 heterocycles. The van der Waals surface area contributed by atoms with Gasteiger partial charge in [0.2, 0.25) is 6.79 Å². The molecule has 5 nitrogen and oxygen atoms in total. The van der Waals surface area contributed by atoms with Crippen molar-refractivity contribution in [3.63, 3.8) is 0 Å². The molecule has 0 aliphatic carbocycles. The molecule has 0 amide bonds. The molecule has 0 saturated heterocycles. The average Bonchev–Trinajstić information content (AvgIpc) is 3.20. The number of carbonyl (C=O) groups is 1. The van der Waals surface area contributed by atoms with Gasteiger partial charge in [0, 0.05) is 38.7 Å². The quantitative estimate of drug-likeness (QED) is 0.374. The number of fused-ring (bicyclic) bond motifs is 1. The van der Waals surface area contributed by atoms with Crippen LogP contribution in [0, 0.1) is 0 Å². The van der Waals surface area contributed by atoms with E-state index in [1.165, 1.54) is 0 Å². The van der Waals surface area contributed by atoms with Gasteiger partial charge in [-0.3, -0.25) is 0 Å². The fourth-order valence-corrected chi connectivity index (χ4v) is 3.94. The van der Waals surface area contributed by atoms with Crippen molar-refractivity contribution in [1.29, 1.82) is 0 Å². The second-order valence-corrected chi connectivity index (χ2v) is 8.23. The monoisotopic (exact) mass is 490 g/mol. The van der Waals surface area contributed by atoms with Gasteiger partial charge >= 0.3 is 5.97 Å². The molecular weight excluding hydrogens is 475 g/mol. The molecule has 164 valence electrons. The first-order valence-electron chi connectivity index (χ1n) is 9.58. The summed E-state index contributed by atoms with van der Waals surface area (Å²) in [5.41, 5.74) is 2.14. The van der Waals surface area contributed by atoms with Crippen molar-refractivity contribution < 1.29 is 24.1 Å². The minimum atomic E-state index is -1.05. The molecule has 32 heavy (non-hydrogen) atoms. The third-order valence-corrected chi connectivity index (χ3v) is 5.90. The number of ether oxygens (including phenoxy) is 3. The zero-order valence-electron chi connectivity index (χ0n) is 16.6. The van der Waals surface area contributed by atoms with Gasteiger partial charge in [-0.2, -0.15) is 0 Å². The molecule has 3 aromatic rings. The van der Waals surface area contributed by atoms with Crippen LogP contribution in [-0.2, 0) is 17.8 Å². The van der Waals surface area contributed by atoms with E-state index in [4.69, 9.17) is 49.0 Å². The molecule has 1 N–H and O–H groups in total. The fraction of sp³-hybridized carbons (Fsp3) is 0.125. The van der Waals surface area contributed by atoms with E-state index in [0.29, 0.717) is 49.0 Å². The number of carboxylic acids is 1. The SMILES string of the molecule is O=C(O)C(=Cc1cccc(OCc2c(Cl)cccc2Cl)c1)Cc1cc2c(cc1Cl)OCO2. The first-order valence-corrected chi connectivity index (χ1v) is 10.7. The van der Waals surface area contributed by atoms with E-state index in [1.807, 2.05) is 0 Å². The van der Waals surface area contributed by atoms with E-state index in [9.17, 15) is 9.90 Å².